The van der Waals surface area contributed by atoms with Gasteiger partial charge in [0.2, 0.25) is 0 Å². The summed E-state index contributed by atoms with van der Waals surface area (Å²) in [6, 6.07) is 6.94. The van der Waals surface area contributed by atoms with Gasteiger partial charge in [0.15, 0.2) is 0 Å². The summed E-state index contributed by atoms with van der Waals surface area (Å²) >= 11 is 0. The maximum absolute atomic E-state index is 13.3. The second kappa shape index (κ2) is 6.79. The molecule has 0 amide bonds. The monoisotopic (exact) mass is 405 g/mol. The van der Waals surface area contributed by atoms with E-state index >= 15 is 0 Å². The maximum atomic E-state index is 13.3. The predicted molar refractivity (Wildman–Crippen MR) is 67.8 cm³/mol. The molecule has 1 rings (SSSR count). The van der Waals surface area contributed by atoms with Crippen molar-refractivity contribution in [2.45, 2.75) is 30.1 Å². The Balaban J connectivity index is 3.23. The van der Waals surface area contributed by atoms with Crippen molar-refractivity contribution in [2.75, 3.05) is 6.54 Å². The molecule has 0 saturated heterocycles. The summed E-state index contributed by atoms with van der Waals surface area (Å²) in [5.41, 5.74) is -13.4. The van der Waals surface area contributed by atoms with Gasteiger partial charge in [0.25, 0.3) is 0 Å². The highest BCUT2D eigenvalue weighted by Gasteiger charge is 2.83. The van der Waals surface area contributed by atoms with Crippen molar-refractivity contribution >= 4 is 7.29 Å². The van der Waals surface area contributed by atoms with Crippen molar-refractivity contribution in [3.63, 3.8) is 0 Å². The third-order valence-corrected chi connectivity index (χ3v) is 5.82. The predicted octanol–water partition coefficient (Wildman–Crippen LogP) is 5.41. The van der Waals surface area contributed by atoms with Gasteiger partial charge < -0.3 is 0 Å². The summed E-state index contributed by atoms with van der Waals surface area (Å²) in [4.78, 5) is 0. The molecule has 0 fully saturated rings. The topological polar surface area (TPSA) is 29.1 Å². The summed E-state index contributed by atoms with van der Waals surface area (Å²) in [6.07, 6.45) is -14.3. The Morgan fingerprint density at radius 2 is 1.16 bits per heavy atom. The fraction of sp³-hybridized carbons (Fsp3) is 0.500. The molecule has 0 aliphatic heterocycles. The molecule has 25 heavy (non-hydrogen) atoms. The summed E-state index contributed by atoms with van der Waals surface area (Å²) in [5.74, 6) is 0. The molecule has 1 N–H and O–H groups in total. The van der Waals surface area contributed by atoms with Crippen molar-refractivity contribution < 1.29 is 48.5 Å². The summed E-state index contributed by atoms with van der Waals surface area (Å²) in [6.45, 7) is -1.22. The first-order valence-electron chi connectivity index (χ1n) is 6.36. The average molecular weight is 405 g/mol. The quantitative estimate of drug-likeness (QED) is 0.507. The Morgan fingerprint density at radius 1 is 0.760 bits per heavy atom. The average Bonchev–Trinajstić information content (AvgIpc) is 2.45. The van der Waals surface area contributed by atoms with E-state index < -0.39 is 43.9 Å². The van der Waals surface area contributed by atoms with E-state index in [2.05, 4.69) is 0 Å². The molecule has 0 aliphatic carbocycles. The summed E-state index contributed by atoms with van der Waals surface area (Å²) in [5, 5.41) is 0.654. The van der Waals surface area contributed by atoms with Crippen LogP contribution in [0, 0.1) is 0 Å². The van der Waals surface area contributed by atoms with E-state index in [-0.39, 0.29) is 5.56 Å². The molecule has 1 aromatic rings. The molecular weight excluding hydrogens is 395 g/mol. The van der Waals surface area contributed by atoms with Crippen LogP contribution >= 0.6 is 7.29 Å². The van der Waals surface area contributed by atoms with E-state index in [9.17, 15) is 48.5 Å². The maximum Gasteiger partial charge on any atom is 0.462 e. The number of alkyl halides is 10. The lowest BCUT2D eigenvalue weighted by molar-refractivity contribution is -0.266. The molecule has 2 nitrogen and oxygen atoms in total. The molecule has 0 saturated carbocycles. The van der Waals surface area contributed by atoms with Crippen molar-refractivity contribution in [2.24, 2.45) is 0 Å². The van der Waals surface area contributed by atoms with Crippen LogP contribution in [0.25, 0.3) is 0 Å². The fourth-order valence-electron chi connectivity index (χ4n) is 1.73. The number of nitrogens with one attached hydrogen (secondary N) is 1. The van der Waals surface area contributed by atoms with Crippen LogP contribution in [0.4, 0.5) is 43.9 Å². The van der Waals surface area contributed by atoms with Crippen LogP contribution in [0.2, 0.25) is 0 Å². The Bertz CT molecular complexity index is 595. The SMILES string of the molecule is O=P(NCCc1ccccc1)(C(F)(F)C(F)(F)F)C(F)(F)C(F)(F)F. The second-order valence-electron chi connectivity index (χ2n) is 4.83. The lowest BCUT2D eigenvalue weighted by Crippen LogP contribution is -2.51. The fourth-order valence-corrected chi connectivity index (χ4v) is 3.63. The third-order valence-electron chi connectivity index (χ3n) is 3.06. The number of halogens is 10. The van der Waals surface area contributed by atoms with Crippen LogP contribution in [-0.2, 0) is 11.0 Å². The Labute approximate surface area is 134 Å². The van der Waals surface area contributed by atoms with Gasteiger partial charge in [-0.2, -0.15) is 43.9 Å². The normalized spacial score (nSPS) is 14.6. The van der Waals surface area contributed by atoms with Crippen LogP contribution in [-0.4, -0.2) is 30.2 Å². The number of rotatable bonds is 6. The number of hydrogen-bond acceptors (Lipinski definition) is 1. The van der Waals surface area contributed by atoms with Gasteiger partial charge in [0.05, 0.1) is 0 Å². The van der Waals surface area contributed by atoms with Crippen LogP contribution in [0.3, 0.4) is 0 Å². The van der Waals surface area contributed by atoms with Crippen LogP contribution in [0.5, 0.6) is 0 Å². The lowest BCUT2D eigenvalue weighted by atomic mass is 10.2. The van der Waals surface area contributed by atoms with E-state index in [0.717, 1.165) is 0 Å². The largest absolute Gasteiger partial charge is 0.462 e. The molecule has 144 valence electrons. The number of hydrogen-bond donors (Lipinski definition) is 1. The molecule has 0 radical (unpaired) electrons. The third kappa shape index (κ3) is 3.94. The molecule has 0 aliphatic rings. The van der Waals surface area contributed by atoms with Crippen LogP contribution < -0.4 is 5.09 Å². The molecule has 0 bridgehead atoms. The zero-order valence-electron chi connectivity index (χ0n) is 11.9. The molecule has 0 spiro atoms. The Hall–Kier alpha value is -1.29. The first-order chi connectivity index (χ1) is 11.1. The van der Waals surface area contributed by atoms with Gasteiger partial charge in [0.1, 0.15) is 0 Å². The summed E-state index contributed by atoms with van der Waals surface area (Å²) < 4.78 is 139. The van der Waals surface area contributed by atoms with Gasteiger partial charge in [-0.1, -0.05) is 30.3 Å². The van der Waals surface area contributed by atoms with Crippen LogP contribution in [0.1, 0.15) is 5.56 Å². The van der Waals surface area contributed by atoms with Gasteiger partial charge in [-0.05, 0) is 12.0 Å². The highest BCUT2D eigenvalue weighted by atomic mass is 31.2. The number of benzene rings is 1. The molecule has 0 aromatic heterocycles. The minimum atomic E-state index is -7.67. The smallest absolute Gasteiger partial charge is 0.293 e. The first kappa shape index (κ1) is 21.8. The zero-order chi connectivity index (χ0) is 19.7. The van der Waals surface area contributed by atoms with Crippen molar-refractivity contribution in [3.05, 3.63) is 35.9 Å². The van der Waals surface area contributed by atoms with Gasteiger partial charge in [0, 0.05) is 6.54 Å². The van der Waals surface area contributed by atoms with E-state index in [1.54, 1.807) is 0 Å². The first-order valence-corrected chi connectivity index (χ1v) is 8.07. The van der Waals surface area contributed by atoms with Gasteiger partial charge >= 0.3 is 31.0 Å². The minimum Gasteiger partial charge on any atom is -0.293 e. The van der Waals surface area contributed by atoms with E-state index in [0.29, 0.717) is 5.09 Å². The zero-order valence-corrected chi connectivity index (χ0v) is 12.8. The molecule has 0 heterocycles. The van der Waals surface area contributed by atoms with E-state index in [4.69, 9.17) is 0 Å². The van der Waals surface area contributed by atoms with Gasteiger partial charge in [-0.15, -0.1) is 0 Å². The Kier molecular flexibility index (Phi) is 5.91. The lowest BCUT2D eigenvalue weighted by Gasteiger charge is -2.35. The van der Waals surface area contributed by atoms with Crippen molar-refractivity contribution in [3.8, 4) is 0 Å². The molecule has 1 aromatic carbocycles. The molecule has 0 atom stereocenters. The minimum absolute atomic E-state index is 0.229. The van der Waals surface area contributed by atoms with Gasteiger partial charge in [-0.25, -0.2) is 0 Å². The van der Waals surface area contributed by atoms with E-state index in [1.807, 2.05) is 0 Å². The second-order valence-corrected chi connectivity index (χ2v) is 7.49. The van der Waals surface area contributed by atoms with Gasteiger partial charge in [-0.3, -0.25) is 9.65 Å². The van der Waals surface area contributed by atoms with Crippen molar-refractivity contribution in [1.82, 2.24) is 5.09 Å². The molecular formula is C12H10F10NOP. The Morgan fingerprint density at radius 3 is 1.52 bits per heavy atom. The van der Waals surface area contributed by atoms with Crippen molar-refractivity contribution in [1.29, 1.82) is 0 Å². The summed E-state index contributed by atoms with van der Waals surface area (Å²) in [7, 11) is -7.67. The van der Waals surface area contributed by atoms with Crippen LogP contribution in [0.15, 0.2) is 30.3 Å². The highest BCUT2D eigenvalue weighted by molar-refractivity contribution is 7.64. The highest BCUT2D eigenvalue weighted by Crippen LogP contribution is 2.74. The molecule has 0 unspecified atom stereocenters. The molecule has 13 heteroatoms. The standard InChI is InChI=1S/C12H10F10NOP/c13-9(14,15)11(19,20)25(24,12(21,22)10(16,17)18)23-7-6-8-4-2-1-3-5-8/h1-5H,6-7H2,(H,23,24). The van der Waals surface area contributed by atoms with E-state index in [1.165, 1.54) is 30.3 Å².